The van der Waals surface area contributed by atoms with Crippen molar-refractivity contribution in [2.24, 2.45) is 4.99 Å². The largest absolute Gasteiger partial charge is 0.379 e. The van der Waals surface area contributed by atoms with Crippen LogP contribution in [0.4, 0.5) is 0 Å². The van der Waals surface area contributed by atoms with Gasteiger partial charge in [-0.25, -0.2) is 0 Å². The number of hydrogen-bond donors (Lipinski definition) is 2. The van der Waals surface area contributed by atoms with E-state index < -0.39 is 0 Å². The van der Waals surface area contributed by atoms with Crippen molar-refractivity contribution in [2.45, 2.75) is 31.9 Å². The van der Waals surface area contributed by atoms with Gasteiger partial charge in [0.2, 0.25) is 0 Å². The average molecular weight is 340 g/mol. The van der Waals surface area contributed by atoms with Crippen molar-refractivity contribution in [3.8, 4) is 0 Å². The second-order valence-electron chi connectivity index (χ2n) is 5.54. The number of hydrogen-bond acceptors (Lipinski definition) is 3. The third-order valence-corrected chi connectivity index (χ3v) is 3.93. The van der Waals surface area contributed by atoms with Gasteiger partial charge < -0.3 is 20.1 Å². The minimum Gasteiger partial charge on any atom is -0.379 e. The zero-order valence-electron chi connectivity index (χ0n) is 13.7. The van der Waals surface area contributed by atoms with Crippen molar-refractivity contribution in [3.63, 3.8) is 0 Å². The van der Waals surface area contributed by atoms with Crippen LogP contribution in [0.1, 0.15) is 24.8 Å². The third-order valence-electron chi connectivity index (χ3n) is 3.68. The average Bonchev–Trinajstić information content (AvgIpc) is 3.08. The van der Waals surface area contributed by atoms with E-state index in [9.17, 15) is 0 Å². The van der Waals surface area contributed by atoms with Gasteiger partial charge in [0.15, 0.2) is 5.96 Å². The van der Waals surface area contributed by atoms with E-state index in [-0.39, 0.29) is 0 Å². The van der Waals surface area contributed by atoms with Gasteiger partial charge in [-0.05, 0) is 37.0 Å². The lowest BCUT2D eigenvalue weighted by molar-refractivity contribution is 0.0168. The minimum absolute atomic E-state index is 0.303. The fourth-order valence-corrected chi connectivity index (χ4v) is 2.51. The quantitative estimate of drug-likeness (QED) is 0.434. The highest BCUT2D eigenvalue weighted by Gasteiger charge is 2.14. The molecule has 2 rings (SSSR count). The highest BCUT2D eigenvalue weighted by atomic mass is 35.5. The molecule has 0 saturated carbocycles. The minimum atomic E-state index is 0.303. The van der Waals surface area contributed by atoms with Crippen LogP contribution in [0.2, 0.25) is 5.02 Å². The number of rotatable bonds is 8. The molecule has 0 amide bonds. The Labute approximate surface area is 143 Å². The maximum absolute atomic E-state index is 5.88. The van der Waals surface area contributed by atoms with Crippen LogP contribution in [0, 0.1) is 0 Å². The molecule has 2 N–H and O–H groups in total. The molecular weight excluding hydrogens is 314 g/mol. The van der Waals surface area contributed by atoms with Gasteiger partial charge in [-0.15, -0.1) is 0 Å². The van der Waals surface area contributed by atoms with Crippen molar-refractivity contribution in [2.75, 3.05) is 33.4 Å². The lowest BCUT2D eigenvalue weighted by Crippen LogP contribution is -2.37. The molecule has 1 atom stereocenters. The molecule has 23 heavy (non-hydrogen) atoms. The summed E-state index contributed by atoms with van der Waals surface area (Å²) in [7, 11) is 1.77. The number of nitrogens with one attached hydrogen (secondary N) is 2. The Hall–Kier alpha value is -1.30. The maximum atomic E-state index is 5.88. The smallest absolute Gasteiger partial charge is 0.191 e. The summed E-state index contributed by atoms with van der Waals surface area (Å²) < 4.78 is 11.2. The number of nitrogens with zero attached hydrogens (tertiary/aromatic N) is 1. The van der Waals surface area contributed by atoms with Gasteiger partial charge in [0.05, 0.1) is 12.7 Å². The molecule has 0 radical (unpaired) electrons. The molecule has 1 aromatic rings. The molecule has 0 spiro atoms. The molecule has 1 unspecified atom stereocenters. The van der Waals surface area contributed by atoms with Crippen LogP contribution in [0.3, 0.4) is 0 Å². The molecule has 128 valence electrons. The van der Waals surface area contributed by atoms with Gasteiger partial charge in [0.1, 0.15) is 0 Å². The summed E-state index contributed by atoms with van der Waals surface area (Å²) in [6.45, 7) is 3.87. The normalized spacial score (nSPS) is 18.2. The molecule has 1 aliphatic heterocycles. The van der Waals surface area contributed by atoms with Crippen LogP contribution in [0.5, 0.6) is 0 Å². The molecule has 5 nitrogen and oxygen atoms in total. The van der Waals surface area contributed by atoms with Gasteiger partial charge in [-0.3, -0.25) is 4.99 Å². The van der Waals surface area contributed by atoms with E-state index in [0.717, 1.165) is 55.6 Å². The molecular formula is C17H26ClN3O2. The molecule has 1 heterocycles. The Bertz CT molecular complexity index is 473. The first-order chi connectivity index (χ1) is 11.3. The Morgan fingerprint density at radius 3 is 2.87 bits per heavy atom. The van der Waals surface area contributed by atoms with E-state index in [1.807, 2.05) is 24.3 Å². The zero-order valence-corrected chi connectivity index (χ0v) is 14.4. The van der Waals surface area contributed by atoms with Gasteiger partial charge >= 0.3 is 0 Å². The molecule has 6 heteroatoms. The summed E-state index contributed by atoms with van der Waals surface area (Å²) >= 11 is 5.88. The van der Waals surface area contributed by atoms with Crippen molar-refractivity contribution in [3.05, 3.63) is 34.9 Å². The Balaban J connectivity index is 1.53. The SMILES string of the molecule is CN=C(NCCCOCC1CCCO1)NCc1ccc(Cl)cc1. The summed E-state index contributed by atoms with van der Waals surface area (Å²) in [6, 6.07) is 7.78. The summed E-state index contributed by atoms with van der Waals surface area (Å²) in [4.78, 5) is 4.21. The van der Waals surface area contributed by atoms with Crippen LogP contribution in [-0.2, 0) is 16.0 Å². The monoisotopic (exact) mass is 339 g/mol. The summed E-state index contributed by atoms with van der Waals surface area (Å²) in [5, 5.41) is 7.31. The lowest BCUT2D eigenvalue weighted by Gasteiger charge is -2.13. The van der Waals surface area contributed by atoms with Crippen LogP contribution >= 0.6 is 11.6 Å². The molecule has 0 aliphatic carbocycles. The van der Waals surface area contributed by atoms with E-state index >= 15 is 0 Å². The van der Waals surface area contributed by atoms with E-state index in [0.29, 0.717) is 19.3 Å². The van der Waals surface area contributed by atoms with E-state index in [4.69, 9.17) is 21.1 Å². The number of aliphatic imine (C=N–C) groups is 1. The highest BCUT2D eigenvalue weighted by molar-refractivity contribution is 6.30. The number of halogens is 1. The van der Waals surface area contributed by atoms with Gasteiger partial charge in [0, 0.05) is 38.4 Å². The Morgan fingerprint density at radius 2 is 2.17 bits per heavy atom. The van der Waals surface area contributed by atoms with Crippen LogP contribution in [0.15, 0.2) is 29.3 Å². The summed E-state index contributed by atoms with van der Waals surface area (Å²) in [5.74, 6) is 0.791. The Kier molecular flexibility index (Phi) is 8.21. The first kappa shape index (κ1) is 18.0. The van der Waals surface area contributed by atoms with Crippen LogP contribution < -0.4 is 10.6 Å². The Morgan fingerprint density at radius 1 is 1.35 bits per heavy atom. The predicted molar refractivity (Wildman–Crippen MR) is 94.1 cm³/mol. The van der Waals surface area contributed by atoms with Crippen molar-refractivity contribution >= 4 is 17.6 Å². The van der Waals surface area contributed by atoms with E-state index in [1.165, 1.54) is 0 Å². The zero-order chi connectivity index (χ0) is 16.3. The lowest BCUT2D eigenvalue weighted by atomic mass is 10.2. The number of ether oxygens (including phenoxy) is 2. The highest BCUT2D eigenvalue weighted by Crippen LogP contribution is 2.11. The third kappa shape index (κ3) is 7.20. The van der Waals surface area contributed by atoms with E-state index in [2.05, 4.69) is 15.6 Å². The first-order valence-electron chi connectivity index (χ1n) is 8.16. The summed E-state index contributed by atoms with van der Waals surface area (Å²) in [5.41, 5.74) is 1.16. The predicted octanol–water partition coefficient (Wildman–Crippen LogP) is 2.59. The van der Waals surface area contributed by atoms with Crippen LogP contribution in [0.25, 0.3) is 0 Å². The van der Waals surface area contributed by atoms with Gasteiger partial charge in [-0.1, -0.05) is 23.7 Å². The number of guanidine groups is 1. The molecule has 1 aliphatic rings. The first-order valence-corrected chi connectivity index (χ1v) is 8.54. The fourth-order valence-electron chi connectivity index (χ4n) is 2.38. The fraction of sp³-hybridized carbons (Fsp3) is 0.588. The van der Waals surface area contributed by atoms with Crippen molar-refractivity contribution in [1.29, 1.82) is 0 Å². The van der Waals surface area contributed by atoms with Crippen LogP contribution in [-0.4, -0.2) is 45.5 Å². The summed E-state index contributed by atoms with van der Waals surface area (Å²) in [6.07, 6.45) is 3.52. The molecule has 1 saturated heterocycles. The van der Waals surface area contributed by atoms with Gasteiger partial charge in [-0.2, -0.15) is 0 Å². The second-order valence-corrected chi connectivity index (χ2v) is 5.98. The number of benzene rings is 1. The molecule has 1 aromatic carbocycles. The molecule has 0 aromatic heterocycles. The van der Waals surface area contributed by atoms with Crippen molar-refractivity contribution in [1.82, 2.24) is 10.6 Å². The van der Waals surface area contributed by atoms with Gasteiger partial charge in [0.25, 0.3) is 0 Å². The molecule has 0 bridgehead atoms. The molecule has 1 fully saturated rings. The van der Waals surface area contributed by atoms with E-state index in [1.54, 1.807) is 7.05 Å². The topological polar surface area (TPSA) is 54.9 Å². The second kappa shape index (κ2) is 10.5. The standard InChI is InChI=1S/C17H26ClN3O2/c1-19-17(21-12-14-5-7-15(18)8-6-14)20-9-3-10-22-13-16-4-2-11-23-16/h5-8,16H,2-4,9-13H2,1H3,(H2,19,20,21). The maximum Gasteiger partial charge on any atom is 0.191 e. The van der Waals surface area contributed by atoms with Crippen molar-refractivity contribution < 1.29 is 9.47 Å².